The van der Waals surface area contributed by atoms with E-state index >= 15 is 0 Å². The molecule has 2 unspecified atom stereocenters. The van der Waals surface area contributed by atoms with Gasteiger partial charge < -0.3 is 5.32 Å². The predicted octanol–water partition coefficient (Wildman–Crippen LogP) is 4.28. The number of aryl methyl sites for hydroxylation is 2. The first-order valence-electron chi connectivity index (χ1n) is 8.00. The van der Waals surface area contributed by atoms with Gasteiger partial charge in [0, 0.05) is 40.5 Å². The average molecular weight is 295 g/mol. The zero-order valence-corrected chi connectivity index (χ0v) is 14.7. The second kappa shape index (κ2) is 6.17. The minimum atomic E-state index is 0.305. The van der Waals surface area contributed by atoms with Crippen LogP contribution in [0.25, 0.3) is 0 Å². The normalized spacial score (nSPS) is 24.8. The summed E-state index contributed by atoms with van der Waals surface area (Å²) < 4.78 is 0. The lowest BCUT2D eigenvalue weighted by Gasteiger charge is -2.49. The molecule has 2 rings (SSSR count). The van der Waals surface area contributed by atoms with Gasteiger partial charge in [-0.2, -0.15) is 0 Å². The van der Waals surface area contributed by atoms with Crippen LogP contribution in [-0.2, 0) is 0 Å². The Morgan fingerprint density at radius 1 is 1.40 bits per heavy atom. The van der Waals surface area contributed by atoms with Gasteiger partial charge in [-0.05, 0) is 52.2 Å². The van der Waals surface area contributed by atoms with Gasteiger partial charge >= 0.3 is 0 Å². The van der Waals surface area contributed by atoms with Crippen molar-refractivity contribution in [1.29, 1.82) is 0 Å². The molecule has 1 aliphatic heterocycles. The second-order valence-corrected chi connectivity index (χ2v) is 7.89. The summed E-state index contributed by atoms with van der Waals surface area (Å²) in [5.74, 6) is 0. The van der Waals surface area contributed by atoms with E-state index in [0.717, 1.165) is 13.1 Å². The maximum absolute atomic E-state index is 3.80. The molecule has 0 bridgehead atoms. The van der Waals surface area contributed by atoms with Crippen molar-refractivity contribution in [2.75, 3.05) is 13.1 Å². The van der Waals surface area contributed by atoms with Crippen molar-refractivity contribution in [3.63, 3.8) is 0 Å². The van der Waals surface area contributed by atoms with Crippen LogP contribution in [0.5, 0.6) is 0 Å². The lowest BCUT2D eigenvalue weighted by molar-refractivity contribution is 0.0496. The molecule has 2 heterocycles. The lowest BCUT2D eigenvalue weighted by Crippen LogP contribution is -2.63. The van der Waals surface area contributed by atoms with E-state index in [1.807, 2.05) is 11.3 Å². The van der Waals surface area contributed by atoms with E-state index in [0.29, 0.717) is 17.6 Å². The van der Waals surface area contributed by atoms with Crippen LogP contribution < -0.4 is 5.32 Å². The Balaban J connectivity index is 2.23. The third-order valence-corrected chi connectivity index (χ3v) is 6.19. The largest absolute Gasteiger partial charge is 0.308 e. The lowest BCUT2D eigenvalue weighted by atomic mass is 9.87. The summed E-state index contributed by atoms with van der Waals surface area (Å²) in [4.78, 5) is 5.63. The highest BCUT2D eigenvalue weighted by Gasteiger charge is 2.37. The molecule has 2 nitrogen and oxygen atoms in total. The van der Waals surface area contributed by atoms with E-state index in [2.05, 4.69) is 57.8 Å². The van der Waals surface area contributed by atoms with Crippen molar-refractivity contribution in [3.8, 4) is 0 Å². The number of rotatable bonds is 4. The first-order valence-corrected chi connectivity index (χ1v) is 8.81. The molecule has 1 saturated heterocycles. The minimum Gasteiger partial charge on any atom is -0.308 e. The average Bonchev–Trinajstić information content (AvgIpc) is 2.78. The summed E-state index contributed by atoms with van der Waals surface area (Å²) in [6.07, 6.45) is 2.42. The van der Waals surface area contributed by atoms with E-state index in [4.69, 9.17) is 0 Å². The molecule has 20 heavy (non-hydrogen) atoms. The molecule has 0 amide bonds. The maximum Gasteiger partial charge on any atom is 0.0335 e. The van der Waals surface area contributed by atoms with Crippen LogP contribution in [0, 0.1) is 13.8 Å². The van der Waals surface area contributed by atoms with Crippen LogP contribution >= 0.6 is 11.3 Å². The fourth-order valence-corrected chi connectivity index (χ4v) is 4.55. The molecule has 0 aliphatic carbocycles. The van der Waals surface area contributed by atoms with Crippen molar-refractivity contribution in [3.05, 3.63) is 21.4 Å². The minimum absolute atomic E-state index is 0.305. The van der Waals surface area contributed by atoms with Crippen LogP contribution in [0.4, 0.5) is 0 Å². The van der Waals surface area contributed by atoms with Crippen LogP contribution in [0.2, 0.25) is 0 Å². The Morgan fingerprint density at radius 3 is 2.55 bits per heavy atom. The third kappa shape index (κ3) is 2.95. The van der Waals surface area contributed by atoms with E-state index in [9.17, 15) is 0 Å². The number of piperazine rings is 1. The van der Waals surface area contributed by atoms with Crippen molar-refractivity contribution in [2.24, 2.45) is 0 Å². The number of hydrogen-bond acceptors (Lipinski definition) is 3. The zero-order valence-electron chi connectivity index (χ0n) is 13.9. The topological polar surface area (TPSA) is 15.3 Å². The number of hydrogen-bond donors (Lipinski definition) is 1. The van der Waals surface area contributed by atoms with Gasteiger partial charge in [0.25, 0.3) is 0 Å². The van der Waals surface area contributed by atoms with Gasteiger partial charge in [-0.3, -0.25) is 4.90 Å². The highest BCUT2D eigenvalue weighted by molar-refractivity contribution is 7.12. The van der Waals surface area contributed by atoms with Crippen molar-refractivity contribution in [1.82, 2.24) is 10.2 Å². The quantitative estimate of drug-likeness (QED) is 0.891. The van der Waals surface area contributed by atoms with E-state index in [1.165, 1.54) is 28.2 Å². The Labute approximate surface area is 128 Å². The third-order valence-electron chi connectivity index (χ3n) is 5.20. The molecule has 3 heteroatoms. The van der Waals surface area contributed by atoms with E-state index in [-0.39, 0.29) is 0 Å². The van der Waals surface area contributed by atoms with Gasteiger partial charge in [0.2, 0.25) is 0 Å². The molecule has 0 aromatic carbocycles. The van der Waals surface area contributed by atoms with Crippen molar-refractivity contribution < 1.29 is 0 Å². The van der Waals surface area contributed by atoms with Gasteiger partial charge in [0.15, 0.2) is 0 Å². The standard InChI is InChI=1S/C17H30N2S/c1-7-17(8-2)11-19(12(3)10-18-17)14(5)16-9-13(4)20-15(16)6/h9,12,14,18H,7-8,10-11H2,1-6H3. The summed E-state index contributed by atoms with van der Waals surface area (Å²) in [5.41, 5.74) is 1.84. The monoisotopic (exact) mass is 294 g/mol. The Morgan fingerprint density at radius 2 is 2.05 bits per heavy atom. The molecule has 1 aliphatic rings. The first kappa shape index (κ1) is 16.0. The molecule has 1 aromatic rings. The molecule has 0 saturated carbocycles. The first-order chi connectivity index (χ1) is 9.42. The molecule has 2 atom stereocenters. The molecule has 1 fully saturated rings. The zero-order chi connectivity index (χ0) is 14.9. The molecular formula is C17H30N2S. The molecule has 1 aromatic heterocycles. The molecular weight excluding hydrogens is 264 g/mol. The Kier molecular flexibility index (Phi) is 4.93. The SMILES string of the molecule is CCC1(CC)CN(C(C)c2cc(C)sc2C)C(C)CN1. The molecule has 0 spiro atoms. The van der Waals surface area contributed by atoms with Gasteiger partial charge in [0.05, 0.1) is 0 Å². The summed E-state index contributed by atoms with van der Waals surface area (Å²) in [6.45, 7) is 16.1. The summed E-state index contributed by atoms with van der Waals surface area (Å²) in [5, 5.41) is 3.80. The number of nitrogens with zero attached hydrogens (tertiary/aromatic N) is 1. The van der Waals surface area contributed by atoms with Gasteiger partial charge in [-0.25, -0.2) is 0 Å². The summed E-state index contributed by atoms with van der Waals surface area (Å²) in [7, 11) is 0. The Hall–Kier alpha value is -0.380. The Bertz CT molecular complexity index is 448. The van der Waals surface area contributed by atoms with Crippen LogP contribution in [-0.4, -0.2) is 29.6 Å². The smallest absolute Gasteiger partial charge is 0.0335 e. The molecule has 1 N–H and O–H groups in total. The van der Waals surface area contributed by atoms with Gasteiger partial charge in [-0.15, -0.1) is 11.3 Å². The van der Waals surface area contributed by atoms with Crippen molar-refractivity contribution in [2.45, 2.75) is 72.0 Å². The highest BCUT2D eigenvalue weighted by atomic mass is 32.1. The maximum atomic E-state index is 3.80. The summed E-state index contributed by atoms with van der Waals surface area (Å²) in [6, 6.07) is 3.52. The second-order valence-electron chi connectivity index (χ2n) is 6.43. The molecule has 0 radical (unpaired) electrons. The molecule has 114 valence electrons. The van der Waals surface area contributed by atoms with Crippen LogP contribution in [0.1, 0.15) is 61.9 Å². The van der Waals surface area contributed by atoms with E-state index in [1.54, 1.807) is 0 Å². The number of nitrogens with one attached hydrogen (secondary N) is 1. The van der Waals surface area contributed by atoms with Crippen LogP contribution in [0.15, 0.2) is 6.07 Å². The van der Waals surface area contributed by atoms with Crippen molar-refractivity contribution >= 4 is 11.3 Å². The van der Waals surface area contributed by atoms with Gasteiger partial charge in [0.1, 0.15) is 0 Å². The van der Waals surface area contributed by atoms with Crippen LogP contribution in [0.3, 0.4) is 0 Å². The predicted molar refractivity (Wildman–Crippen MR) is 89.7 cm³/mol. The number of thiophene rings is 1. The fraction of sp³-hybridized carbons (Fsp3) is 0.765. The summed E-state index contributed by atoms with van der Waals surface area (Å²) >= 11 is 1.93. The highest BCUT2D eigenvalue weighted by Crippen LogP contribution is 2.34. The fourth-order valence-electron chi connectivity index (χ4n) is 3.53. The van der Waals surface area contributed by atoms with E-state index < -0.39 is 0 Å². The van der Waals surface area contributed by atoms with Gasteiger partial charge in [-0.1, -0.05) is 13.8 Å².